The fraction of sp³-hybridized carbons (Fsp3) is 0.286. The second-order valence-electron chi connectivity index (χ2n) is 6.39. The number of aromatic amines is 1. The van der Waals surface area contributed by atoms with Gasteiger partial charge in [0.2, 0.25) is 0 Å². The molecule has 0 saturated carbocycles. The van der Waals surface area contributed by atoms with E-state index in [1.54, 1.807) is 7.11 Å². The lowest BCUT2D eigenvalue weighted by Crippen LogP contribution is -2.01. The zero-order valence-electron chi connectivity index (χ0n) is 14.8. The van der Waals surface area contributed by atoms with Crippen LogP contribution in [-0.4, -0.2) is 23.2 Å². The normalized spacial score (nSPS) is 12.3. The lowest BCUT2D eigenvalue weighted by atomic mass is 9.95. The van der Waals surface area contributed by atoms with Gasteiger partial charge < -0.3 is 14.8 Å². The molecular weight excluding hydrogens is 314 g/mol. The standard InChI is InChI=1S/C21H23NO3/c1-4-13(2)15-7-10-19-17(11-15)18(12-20(23)24)21(22-19)14-5-8-16(25-3)9-6-14/h5-11,13,22H,4,12H2,1-3H3,(H,23,24). The zero-order chi connectivity index (χ0) is 18.0. The Morgan fingerprint density at radius 3 is 2.52 bits per heavy atom. The minimum absolute atomic E-state index is 0.00861. The van der Waals surface area contributed by atoms with Crippen LogP contribution in [0.2, 0.25) is 0 Å². The van der Waals surface area contributed by atoms with Gasteiger partial charge in [0, 0.05) is 10.9 Å². The van der Waals surface area contributed by atoms with Crippen LogP contribution in [0.15, 0.2) is 42.5 Å². The molecule has 3 aromatic rings. The summed E-state index contributed by atoms with van der Waals surface area (Å²) in [4.78, 5) is 14.8. The topological polar surface area (TPSA) is 62.3 Å². The van der Waals surface area contributed by atoms with E-state index < -0.39 is 5.97 Å². The molecule has 4 nitrogen and oxygen atoms in total. The molecule has 25 heavy (non-hydrogen) atoms. The number of aromatic nitrogens is 1. The summed E-state index contributed by atoms with van der Waals surface area (Å²) in [6.07, 6.45) is 1.04. The van der Waals surface area contributed by atoms with E-state index in [0.29, 0.717) is 5.92 Å². The fourth-order valence-electron chi connectivity index (χ4n) is 3.15. The number of fused-ring (bicyclic) bond motifs is 1. The summed E-state index contributed by atoms with van der Waals surface area (Å²) in [5.41, 5.74) is 4.86. The van der Waals surface area contributed by atoms with Gasteiger partial charge in [-0.05, 0) is 65.4 Å². The Morgan fingerprint density at radius 2 is 1.92 bits per heavy atom. The Labute approximate surface area is 147 Å². The number of carboxylic acid groups (broad SMARTS) is 1. The maximum absolute atomic E-state index is 11.4. The number of methoxy groups -OCH3 is 1. The van der Waals surface area contributed by atoms with Gasteiger partial charge in [0.25, 0.3) is 0 Å². The van der Waals surface area contributed by atoms with Crippen molar-refractivity contribution in [1.29, 1.82) is 0 Å². The van der Waals surface area contributed by atoms with Crippen molar-refractivity contribution in [1.82, 2.24) is 4.98 Å². The second kappa shape index (κ2) is 7.01. The minimum atomic E-state index is -0.829. The molecule has 0 spiro atoms. The molecule has 2 aromatic carbocycles. The average molecular weight is 337 g/mol. The van der Waals surface area contributed by atoms with Crippen molar-refractivity contribution in [2.75, 3.05) is 7.11 Å². The maximum Gasteiger partial charge on any atom is 0.307 e. The summed E-state index contributed by atoms with van der Waals surface area (Å²) in [7, 11) is 1.63. The average Bonchev–Trinajstić information content (AvgIpc) is 2.98. The third-order valence-electron chi connectivity index (χ3n) is 4.82. The Morgan fingerprint density at radius 1 is 1.20 bits per heavy atom. The van der Waals surface area contributed by atoms with Crippen LogP contribution in [0.3, 0.4) is 0 Å². The summed E-state index contributed by atoms with van der Waals surface area (Å²) in [6.45, 7) is 4.35. The molecule has 0 aliphatic rings. The highest BCUT2D eigenvalue weighted by atomic mass is 16.5. The number of ether oxygens (including phenoxy) is 1. The molecule has 0 amide bonds. The van der Waals surface area contributed by atoms with E-state index in [1.807, 2.05) is 24.3 Å². The Balaban J connectivity index is 2.17. The first-order chi connectivity index (χ1) is 12.0. The molecule has 2 N–H and O–H groups in total. The van der Waals surface area contributed by atoms with Crippen molar-refractivity contribution in [3.8, 4) is 17.0 Å². The summed E-state index contributed by atoms with van der Waals surface area (Å²) in [6, 6.07) is 14.0. The molecule has 0 fully saturated rings. The van der Waals surface area contributed by atoms with E-state index in [1.165, 1.54) is 5.56 Å². The van der Waals surface area contributed by atoms with Gasteiger partial charge in [-0.15, -0.1) is 0 Å². The van der Waals surface area contributed by atoms with Gasteiger partial charge in [-0.25, -0.2) is 0 Å². The predicted octanol–water partition coefficient (Wildman–Crippen LogP) is 4.98. The first-order valence-corrected chi connectivity index (χ1v) is 8.54. The van der Waals surface area contributed by atoms with Crippen molar-refractivity contribution < 1.29 is 14.6 Å². The van der Waals surface area contributed by atoms with E-state index in [0.717, 1.165) is 39.9 Å². The Kier molecular flexibility index (Phi) is 4.79. The molecule has 1 atom stereocenters. The maximum atomic E-state index is 11.4. The van der Waals surface area contributed by atoms with E-state index in [4.69, 9.17) is 4.74 Å². The number of hydrogen-bond donors (Lipinski definition) is 2. The molecule has 0 bridgehead atoms. The highest BCUT2D eigenvalue weighted by Crippen LogP contribution is 2.34. The zero-order valence-corrected chi connectivity index (χ0v) is 14.8. The largest absolute Gasteiger partial charge is 0.497 e. The molecule has 0 aliphatic carbocycles. The third-order valence-corrected chi connectivity index (χ3v) is 4.82. The van der Waals surface area contributed by atoms with Crippen LogP contribution in [0.4, 0.5) is 0 Å². The molecule has 3 rings (SSSR count). The Bertz CT molecular complexity index is 893. The number of benzene rings is 2. The van der Waals surface area contributed by atoms with Gasteiger partial charge in [0.05, 0.1) is 19.2 Å². The number of carbonyl (C=O) groups is 1. The lowest BCUT2D eigenvalue weighted by Gasteiger charge is -2.09. The number of aliphatic carboxylic acids is 1. The van der Waals surface area contributed by atoms with Crippen LogP contribution in [0.25, 0.3) is 22.2 Å². The summed E-state index contributed by atoms with van der Waals surface area (Å²) in [5, 5.41) is 10.4. The van der Waals surface area contributed by atoms with Crippen molar-refractivity contribution >= 4 is 16.9 Å². The van der Waals surface area contributed by atoms with E-state index in [2.05, 4.69) is 37.0 Å². The van der Waals surface area contributed by atoms with Crippen molar-refractivity contribution in [3.63, 3.8) is 0 Å². The van der Waals surface area contributed by atoms with Crippen LogP contribution in [-0.2, 0) is 11.2 Å². The Hall–Kier alpha value is -2.75. The summed E-state index contributed by atoms with van der Waals surface area (Å²) in [5.74, 6) is 0.393. The molecule has 0 aliphatic heterocycles. The first-order valence-electron chi connectivity index (χ1n) is 8.54. The number of carboxylic acids is 1. The third kappa shape index (κ3) is 3.38. The molecule has 1 heterocycles. The molecule has 1 unspecified atom stereocenters. The van der Waals surface area contributed by atoms with E-state index in [-0.39, 0.29) is 6.42 Å². The van der Waals surface area contributed by atoms with Gasteiger partial charge in [-0.3, -0.25) is 4.79 Å². The van der Waals surface area contributed by atoms with Crippen LogP contribution in [0, 0.1) is 0 Å². The number of hydrogen-bond acceptors (Lipinski definition) is 2. The monoisotopic (exact) mass is 337 g/mol. The molecule has 0 radical (unpaired) electrons. The van der Waals surface area contributed by atoms with Crippen molar-refractivity contribution in [3.05, 3.63) is 53.6 Å². The number of H-pyrrole nitrogens is 1. The highest BCUT2D eigenvalue weighted by Gasteiger charge is 2.17. The lowest BCUT2D eigenvalue weighted by molar-refractivity contribution is -0.136. The van der Waals surface area contributed by atoms with Crippen LogP contribution in [0.1, 0.15) is 37.3 Å². The van der Waals surface area contributed by atoms with Gasteiger partial charge in [-0.1, -0.05) is 19.9 Å². The molecule has 4 heteroatoms. The summed E-state index contributed by atoms with van der Waals surface area (Å²) < 4.78 is 5.21. The highest BCUT2D eigenvalue weighted by molar-refractivity contribution is 5.94. The molecule has 0 saturated heterocycles. The fourth-order valence-corrected chi connectivity index (χ4v) is 3.15. The molecule has 1 aromatic heterocycles. The predicted molar refractivity (Wildman–Crippen MR) is 100 cm³/mol. The molecule has 130 valence electrons. The smallest absolute Gasteiger partial charge is 0.307 e. The summed E-state index contributed by atoms with van der Waals surface area (Å²) >= 11 is 0. The van der Waals surface area contributed by atoms with Gasteiger partial charge >= 0.3 is 5.97 Å². The van der Waals surface area contributed by atoms with Gasteiger partial charge in [0.1, 0.15) is 5.75 Å². The van der Waals surface area contributed by atoms with Crippen LogP contribution in [0.5, 0.6) is 5.75 Å². The quantitative estimate of drug-likeness (QED) is 0.666. The minimum Gasteiger partial charge on any atom is -0.497 e. The van der Waals surface area contributed by atoms with Gasteiger partial charge in [0.15, 0.2) is 0 Å². The van der Waals surface area contributed by atoms with Crippen molar-refractivity contribution in [2.24, 2.45) is 0 Å². The SMILES string of the molecule is CCC(C)c1ccc2[nH]c(-c3ccc(OC)cc3)c(CC(=O)O)c2c1. The van der Waals surface area contributed by atoms with Crippen molar-refractivity contribution in [2.45, 2.75) is 32.6 Å². The van der Waals surface area contributed by atoms with Crippen LogP contribution >= 0.6 is 0 Å². The number of rotatable bonds is 6. The van der Waals surface area contributed by atoms with Gasteiger partial charge in [-0.2, -0.15) is 0 Å². The molecular formula is C21H23NO3. The van der Waals surface area contributed by atoms with Crippen LogP contribution < -0.4 is 4.74 Å². The number of nitrogens with one attached hydrogen (secondary N) is 1. The van der Waals surface area contributed by atoms with E-state index >= 15 is 0 Å². The van der Waals surface area contributed by atoms with E-state index in [9.17, 15) is 9.90 Å². The second-order valence-corrected chi connectivity index (χ2v) is 6.39. The first kappa shape index (κ1) is 17.1.